The SMILES string of the molecule is Cc1ccc(-c2ccccc2)cc1N(c1cc2c(cc1C)C(C)(C)c1cccc(-c3ccccc3)c1-2)c1ccc2ccc3c(N(c4cc(-c5ccccc5)ccc4C)c4cc5c(cc4C)C(C)(C)c4cccc(-c6ccccc6)c4-5)ccc4ccc1c2c43. The van der Waals surface area contributed by atoms with Gasteiger partial charge in [-0.1, -0.05) is 258 Å². The van der Waals surface area contributed by atoms with Crippen molar-refractivity contribution < 1.29 is 0 Å². The molecular weight excluding hydrogens is 1060 g/mol. The maximum atomic E-state index is 2.60. The van der Waals surface area contributed by atoms with Gasteiger partial charge in [-0.05, 0) is 197 Å². The van der Waals surface area contributed by atoms with Gasteiger partial charge >= 0.3 is 0 Å². The van der Waals surface area contributed by atoms with E-state index in [1.165, 1.54) is 155 Å². The van der Waals surface area contributed by atoms with E-state index in [-0.39, 0.29) is 10.8 Å². The molecule has 0 radical (unpaired) electrons. The Morgan fingerprint density at radius 3 is 0.977 bits per heavy atom. The molecule has 0 amide bonds. The summed E-state index contributed by atoms with van der Waals surface area (Å²) in [5.74, 6) is 0. The largest absolute Gasteiger partial charge is 0.309 e. The highest BCUT2D eigenvalue weighted by atomic mass is 15.2. The number of anilines is 6. The summed E-state index contributed by atoms with van der Waals surface area (Å²) in [4.78, 5) is 5.20. The number of aryl methyl sites for hydroxylation is 4. The van der Waals surface area contributed by atoms with Gasteiger partial charge in [0.15, 0.2) is 0 Å². The lowest BCUT2D eigenvalue weighted by Crippen LogP contribution is -2.17. The second-order valence-electron chi connectivity index (χ2n) is 25.8. The smallest absolute Gasteiger partial charge is 0.0540 e. The molecule has 0 N–H and O–H groups in total. The molecule has 0 aliphatic heterocycles. The van der Waals surface area contributed by atoms with Crippen LogP contribution in [-0.2, 0) is 10.8 Å². The zero-order chi connectivity index (χ0) is 59.7. The molecule has 0 atom stereocenters. The molecule has 0 spiro atoms. The molecule has 14 aromatic rings. The van der Waals surface area contributed by atoms with Crippen LogP contribution in [0.5, 0.6) is 0 Å². The standard InChI is InChI=1S/C86H68N2/c1-53-35-37-63(57-23-13-9-14-24-57)49-77(53)87(79-51-69-73(47-55(79)3)85(5,6)71-33-21-31-65(83(69)71)59-27-17-11-18-28-59)75-45-41-61-40-44-68-76(46-42-62-39-43-67(75)81(61)82(62)68)88(78-50-64(38-36-54(78)2)58-25-15-10-16-26-58)80-52-70-74(48-56(80)4)86(7,8)72-34-22-32-66(84(70)72)60-29-19-12-20-30-60/h9-52H,1-8H3. The molecule has 88 heavy (non-hydrogen) atoms. The summed E-state index contributed by atoms with van der Waals surface area (Å²) in [5.41, 5.74) is 31.8. The van der Waals surface area contributed by atoms with Crippen molar-refractivity contribution in [2.24, 2.45) is 0 Å². The number of hydrogen-bond donors (Lipinski definition) is 0. The quantitative estimate of drug-likeness (QED) is 0.126. The van der Waals surface area contributed by atoms with E-state index in [9.17, 15) is 0 Å². The molecule has 422 valence electrons. The number of rotatable bonds is 10. The van der Waals surface area contributed by atoms with Gasteiger partial charge in [-0.15, -0.1) is 0 Å². The molecule has 16 rings (SSSR count). The first-order valence-electron chi connectivity index (χ1n) is 31.2. The van der Waals surface area contributed by atoms with Crippen LogP contribution >= 0.6 is 0 Å². The van der Waals surface area contributed by atoms with Crippen molar-refractivity contribution in [1.82, 2.24) is 0 Å². The van der Waals surface area contributed by atoms with E-state index < -0.39 is 0 Å². The molecule has 0 heterocycles. The Balaban J connectivity index is 0.953. The van der Waals surface area contributed by atoms with Gasteiger partial charge in [0.25, 0.3) is 0 Å². The summed E-state index contributed by atoms with van der Waals surface area (Å²) >= 11 is 0. The minimum Gasteiger partial charge on any atom is -0.309 e. The van der Waals surface area contributed by atoms with Crippen LogP contribution in [-0.4, -0.2) is 0 Å². The van der Waals surface area contributed by atoms with E-state index in [0.29, 0.717) is 0 Å². The normalized spacial score (nSPS) is 13.4. The molecule has 2 heteroatoms. The molecule has 0 fully saturated rings. The lowest BCUT2D eigenvalue weighted by molar-refractivity contribution is 0.660. The first-order chi connectivity index (χ1) is 42.8. The summed E-state index contributed by atoms with van der Waals surface area (Å²) in [7, 11) is 0. The predicted octanol–water partition coefficient (Wildman–Crippen LogP) is 24.0. The molecule has 2 nitrogen and oxygen atoms in total. The Morgan fingerprint density at radius 2 is 0.591 bits per heavy atom. The molecular formula is C86H68N2. The van der Waals surface area contributed by atoms with E-state index in [0.717, 1.165) is 22.7 Å². The molecule has 14 aromatic carbocycles. The average molecular weight is 1130 g/mol. The Bertz CT molecular complexity index is 4790. The Morgan fingerprint density at radius 1 is 0.239 bits per heavy atom. The van der Waals surface area contributed by atoms with Crippen LogP contribution in [0.2, 0.25) is 0 Å². The zero-order valence-electron chi connectivity index (χ0n) is 51.3. The zero-order valence-corrected chi connectivity index (χ0v) is 51.3. The van der Waals surface area contributed by atoms with Gasteiger partial charge in [0, 0.05) is 44.4 Å². The second kappa shape index (κ2) is 20.2. The number of nitrogens with zero attached hydrogens (tertiary/aromatic N) is 2. The van der Waals surface area contributed by atoms with E-state index >= 15 is 0 Å². The highest BCUT2D eigenvalue weighted by Gasteiger charge is 2.40. The second-order valence-corrected chi connectivity index (χ2v) is 25.8. The monoisotopic (exact) mass is 1130 g/mol. The van der Waals surface area contributed by atoms with Gasteiger partial charge in [-0.25, -0.2) is 0 Å². The molecule has 0 aromatic heterocycles. The molecule has 0 saturated heterocycles. The number of hydrogen-bond acceptors (Lipinski definition) is 2. The molecule has 0 unspecified atom stereocenters. The van der Waals surface area contributed by atoms with Crippen LogP contribution in [0.3, 0.4) is 0 Å². The third kappa shape index (κ3) is 8.15. The Hall–Kier alpha value is -10.3. The predicted molar refractivity (Wildman–Crippen MR) is 375 cm³/mol. The third-order valence-electron chi connectivity index (χ3n) is 19.9. The van der Waals surface area contributed by atoms with E-state index in [1.807, 2.05) is 0 Å². The van der Waals surface area contributed by atoms with E-state index in [2.05, 4.69) is 332 Å². The highest BCUT2D eigenvalue weighted by Crippen LogP contribution is 2.58. The van der Waals surface area contributed by atoms with Crippen LogP contribution in [0, 0.1) is 27.7 Å². The topological polar surface area (TPSA) is 6.48 Å². The summed E-state index contributed by atoms with van der Waals surface area (Å²) in [6.45, 7) is 18.8. The van der Waals surface area contributed by atoms with Crippen molar-refractivity contribution >= 4 is 66.4 Å². The lowest BCUT2D eigenvalue weighted by atomic mass is 9.81. The maximum absolute atomic E-state index is 2.60. The fourth-order valence-electron chi connectivity index (χ4n) is 15.3. The van der Waals surface area contributed by atoms with Gasteiger partial charge in [-0.2, -0.15) is 0 Å². The fourth-order valence-corrected chi connectivity index (χ4v) is 15.3. The van der Waals surface area contributed by atoms with Crippen molar-refractivity contribution in [3.05, 3.63) is 311 Å². The van der Waals surface area contributed by atoms with Crippen LogP contribution < -0.4 is 9.80 Å². The molecule has 2 aliphatic carbocycles. The number of fused-ring (bicyclic) bond motifs is 6. The summed E-state index contributed by atoms with van der Waals surface area (Å²) in [6.07, 6.45) is 0. The van der Waals surface area contributed by atoms with Gasteiger partial charge < -0.3 is 9.80 Å². The molecule has 0 saturated carbocycles. The lowest BCUT2D eigenvalue weighted by Gasteiger charge is -2.33. The van der Waals surface area contributed by atoms with Gasteiger partial charge in [0.05, 0.1) is 11.4 Å². The van der Waals surface area contributed by atoms with Crippen molar-refractivity contribution in [3.8, 4) is 66.8 Å². The minimum absolute atomic E-state index is 0.197. The van der Waals surface area contributed by atoms with Crippen LogP contribution in [0.15, 0.2) is 267 Å². The molecule has 0 bridgehead atoms. The summed E-state index contributed by atoms with van der Waals surface area (Å²) in [5, 5.41) is 7.36. The van der Waals surface area contributed by atoms with Gasteiger partial charge in [-0.3, -0.25) is 0 Å². The van der Waals surface area contributed by atoms with Crippen molar-refractivity contribution in [2.45, 2.75) is 66.2 Å². The maximum Gasteiger partial charge on any atom is 0.0540 e. The van der Waals surface area contributed by atoms with Crippen LogP contribution in [0.4, 0.5) is 34.1 Å². The number of benzene rings is 14. The van der Waals surface area contributed by atoms with E-state index in [4.69, 9.17) is 0 Å². The summed E-state index contributed by atoms with van der Waals surface area (Å²) < 4.78 is 0. The first-order valence-corrected chi connectivity index (χ1v) is 31.2. The van der Waals surface area contributed by atoms with Crippen LogP contribution in [0.1, 0.15) is 72.2 Å². The first kappa shape index (κ1) is 53.2. The Kier molecular flexibility index (Phi) is 12.2. The minimum atomic E-state index is -0.197. The molecule has 2 aliphatic rings. The van der Waals surface area contributed by atoms with Crippen LogP contribution in [0.25, 0.3) is 99.1 Å². The van der Waals surface area contributed by atoms with Crippen molar-refractivity contribution in [2.75, 3.05) is 9.80 Å². The van der Waals surface area contributed by atoms with E-state index in [1.54, 1.807) is 0 Å². The van der Waals surface area contributed by atoms with Gasteiger partial charge in [0.2, 0.25) is 0 Å². The average Bonchev–Trinajstić information content (AvgIpc) is 1.95. The third-order valence-corrected chi connectivity index (χ3v) is 19.9. The summed E-state index contributed by atoms with van der Waals surface area (Å²) in [6, 6.07) is 101. The van der Waals surface area contributed by atoms with Gasteiger partial charge in [0.1, 0.15) is 0 Å². The van der Waals surface area contributed by atoms with Crippen molar-refractivity contribution in [1.29, 1.82) is 0 Å². The fraction of sp³-hybridized carbons (Fsp3) is 0.116. The van der Waals surface area contributed by atoms with Crippen molar-refractivity contribution in [3.63, 3.8) is 0 Å². The Labute approximate surface area is 517 Å². The highest BCUT2D eigenvalue weighted by molar-refractivity contribution is 6.28.